The van der Waals surface area contributed by atoms with Gasteiger partial charge < -0.3 is 1.43 Å². The zero-order valence-corrected chi connectivity index (χ0v) is 11.1. The zero-order valence-electron chi connectivity index (χ0n) is 8.43. The smallest absolute Gasteiger partial charge is 1.00 e. The van der Waals surface area contributed by atoms with Crippen LogP contribution < -0.4 is 29.6 Å². The summed E-state index contributed by atoms with van der Waals surface area (Å²) < 4.78 is 26.9. The van der Waals surface area contributed by atoms with Gasteiger partial charge in [0.05, 0.1) is 4.90 Å². The summed E-state index contributed by atoms with van der Waals surface area (Å²) in [6, 6.07) is 8.03. The molecule has 0 atom stereocenters. The molecule has 0 bridgehead atoms. The van der Waals surface area contributed by atoms with E-state index >= 15 is 0 Å². The van der Waals surface area contributed by atoms with Gasteiger partial charge in [-0.15, -0.1) is 0 Å². The molecule has 6 heteroatoms. The average molecular weight is 228 g/mol. The minimum atomic E-state index is -3.55. The number of hydrogen-bond donors (Lipinski definition) is 0. The van der Waals surface area contributed by atoms with Crippen LogP contribution in [-0.2, 0) is 13.7 Å². The number of benzene rings is 1. The Hall–Kier alpha value is 0.480. The summed E-state index contributed by atoms with van der Waals surface area (Å²) in [5, 5.41) is 0. The second-order valence-electron chi connectivity index (χ2n) is 2.00. The van der Waals surface area contributed by atoms with Crippen LogP contribution >= 0.6 is 12.0 Å². The van der Waals surface area contributed by atoms with Crippen LogP contribution in [0.4, 0.5) is 0 Å². The van der Waals surface area contributed by atoms with Crippen molar-refractivity contribution < 1.29 is 43.0 Å². The Labute approximate surface area is 106 Å². The summed E-state index contributed by atoms with van der Waals surface area (Å²) in [7, 11) is -3.55. The van der Waals surface area contributed by atoms with Crippen molar-refractivity contribution in [3.8, 4) is 0 Å². The number of rotatable bonds is 3. The van der Waals surface area contributed by atoms with Gasteiger partial charge >= 0.3 is 39.7 Å². The summed E-state index contributed by atoms with van der Waals surface area (Å²) in [6.07, 6.45) is 1.56. The summed E-state index contributed by atoms with van der Waals surface area (Å²) in [4.78, 5) is 0.180. The van der Waals surface area contributed by atoms with E-state index < -0.39 is 10.1 Å². The molecule has 1 aromatic carbocycles. The Bertz CT molecular complexity index is 341. The van der Waals surface area contributed by atoms with Crippen LogP contribution in [0.3, 0.4) is 0 Å². The zero-order chi connectivity index (χ0) is 9.03. The molecule has 0 saturated carbocycles. The van der Waals surface area contributed by atoms with Gasteiger partial charge in [0.15, 0.2) is 0 Å². The quantitative estimate of drug-likeness (QED) is 0.481. The molecule has 0 N–H and O–H groups in total. The Kier molecular flexibility index (Phi) is 6.28. The van der Waals surface area contributed by atoms with Crippen molar-refractivity contribution in [2.45, 2.75) is 4.90 Å². The average Bonchev–Trinajstić information content (AvgIpc) is 2.06. The van der Waals surface area contributed by atoms with Gasteiger partial charge in [-0.2, -0.15) is 12.0 Å². The minimum absolute atomic E-state index is 0. The third-order valence-corrected chi connectivity index (χ3v) is 3.30. The first-order valence-corrected chi connectivity index (χ1v) is 5.75. The first-order valence-electron chi connectivity index (χ1n) is 3.19. The molecule has 3 nitrogen and oxygen atoms in total. The number of hydrogen-bond acceptors (Lipinski definition) is 4. The minimum Gasteiger partial charge on any atom is -1.00 e. The molecule has 1 rings (SSSR count). The van der Waals surface area contributed by atoms with E-state index in [2.05, 4.69) is 3.63 Å². The third kappa shape index (κ3) is 4.01. The first kappa shape index (κ1) is 13.5. The van der Waals surface area contributed by atoms with Crippen molar-refractivity contribution >= 4 is 22.2 Å². The Morgan fingerprint density at radius 2 is 1.85 bits per heavy atom. The molecule has 0 aliphatic heterocycles. The normalized spacial score (nSPS) is 10.5. The molecule has 0 unspecified atom stereocenters. The predicted octanol–water partition coefficient (Wildman–Crippen LogP) is -1.21. The van der Waals surface area contributed by atoms with Crippen LogP contribution in [-0.4, -0.2) is 14.7 Å². The van der Waals surface area contributed by atoms with E-state index in [-0.39, 0.29) is 35.9 Å². The predicted molar refractivity (Wildman–Crippen MR) is 49.3 cm³/mol. The molecule has 0 aliphatic carbocycles. The maximum atomic E-state index is 11.2. The van der Waals surface area contributed by atoms with Gasteiger partial charge in [0.1, 0.15) is 0 Å². The molecule has 13 heavy (non-hydrogen) atoms. The van der Waals surface area contributed by atoms with Gasteiger partial charge in [-0.25, -0.2) is 0 Å². The van der Waals surface area contributed by atoms with Gasteiger partial charge in [0.25, 0.3) is 0 Å². The molecule has 0 saturated heterocycles. The van der Waals surface area contributed by atoms with E-state index in [0.717, 1.165) is 12.0 Å². The van der Waals surface area contributed by atoms with Crippen LogP contribution in [0.1, 0.15) is 1.43 Å². The topological polar surface area (TPSA) is 43.4 Å². The van der Waals surface area contributed by atoms with Gasteiger partial charge in [-0.3, -0.25) is 0 Å². The van der Waals surface area contributed by atoms with Crippen molar-refractivity contribution in [1.82, 2.24) is 0 Å². The van der Waals surface area contributed by atoms with E-state index in [1.54, 1.807) is 24.5 Å². The molecular formula is C7H9NaO3S2. The molecule has 0 amide bonds. The van der Waals surface area contributed by atoms with E-state index in [0.29, 0.717) is 0 Å². The fraction of sp³-hybridized carbons (Fsp3) is 0.143. The molecule has 68 valence electrons. The molecule has 0 radical (unpaired) electrons. The second kappa shape index (κ2) is 6.06. The largest absolute Gasteiger partial charge is 1.00 e. The summed E-state index contributed by atoms with van der Waals surface area (Å²) in [5.74, 6) is 0. The summed E-state index contributed by atoms with van der Waals surface area (Å²) in [5.41, 5.74) is 0. The van der Waals surface area contributed by atoms with E-state index in [1.807, 2.05) is 0 Å². The molecule has 0 fully saturated rings. The van der Waals surface area contributed by atoms with Crippen LogP contribution in [0.5, 0.6) is 0 Å². The molecule has 0 aliphatic rings. The van der Waals surface area contributed by atoms with Crippen molar-refractivity contribution in [1.29, 1.82) is 0 Å². The fourth-order valence-corrected chi connectivity index (χ4v) is 2.24. The summed E-state index contributed by atoms with van der Waals surface area (Å²) in [6.45, 7) is 0. The van der Waals surface area contributed by atoms with Crippen molar-refractivity contribution in [3.63, 3.8) is 0 Å². The monoisotopic (exact) mass is 228 g/mol. The van der Waals surface area contributed by atoms with Crippen molar-refractivity contribution in [2.75, 3.05) is 6.26 Å². The van der Waals surface area contributed by atoms with E-state index in [4.69, 9.17) is 0 Å². The molecule has 0 heterocycles. The van der Waals surface area contributed by atoms with Gasteiger partial charge in [-0.1, -0.05) is 18.2 Å². The maximum Gasteiger partial charge on any atom is 1.00 e. The van der Waals surface area contributed by atoms with Gasteiger partial charge in [-0.05, 0) is 12.1 Å². The first-order chi connectivity index (χ1) is 5.67. The van der Waals surface area contributed by atoms with Crippen LogP contribution in [0, 0.1) is 0 Å². The fourth-order valence-electron chi connectivity index (χ4n) is 0.716. The van der Waals surface area contributed by atoms with Crippen molar-refractivity contribution in [2.24, 2.45) is 0 Å². The molecule has 0 aromatic heterocycles. The van der Waals surface area contributed by atoms with Crippen LogP contribution in [0.15, 0.2) is 35.2 Å². The second-order valence-corrected chi connectivity index (χ2v) is 4.26. The molecule has 0 spiro atoms. The maximum absolute atomic E-state index is 11.2. The van der Waals surface area contributed by atoms with Crippen molar-refractivity contribution in [3.05, 3.63) is 30.3 Å². The van der Waals surface area contributed by atoms with Crippen LogP contribution in [0.2, 0.25) is 0 Å². The van der Waals surface area contributed by atoms with E-state index in [1.165, 1.54) is 12.1 Å². The third-order valence-electron chi connectivity index (χ3n) is 1.19. The molecule has 1 aromatic rings. The standard InChI is InChI=1S/C7H8O3S2.Na.H/c1-11-10-12(8,9)7-5-3-2-4-6-7;;/h2-6H,1H3;;/q;+1;-1. The van der Waals surface area contributed by atoms with E-state index in [9.17, 15) is 8.42 Å². The SMILES string of the molecule is CSOS(=O)(=O)c1ccccc1.[H-].[Na+]. The van der Waals surface area contributed by atoms with Crippen LogP contribution in [0.25, 0.3) is 0 Å². The van der Waals surface area contributed by atoms with Gasteiger partial charge in [0.2, 0.25) is 0 Å². The summed E-state index contributed by atoms with van der Waals surface area (Å²) >= 11 is 0.815. The Balaban J connectivity index is 0. The molecular weight excluding hydrogens is 219 g/mol. The Morgan fingerprint density at radius 3 is 2.31 bits per heavy atom. The van der Waals surface area contributed by atoms with Gasteiger partial charge in [0, 0.05) is 18.3 Å². The Morgan fingerprint density at radius 1 is 1.31 bits per heavy atom.